The van der Waals surface area contributed by atoms with E-state index >= 15 is 0 Å². The van der Waals surface area contributed by atoms with Gasteiger partial charge < -0.3 is 14.8 Å². The number of carbonyl (C=O) groups is 2. The number of nitrogens with zero attached hydrogens (tertiary/aromatic N) is 1. The predicted octanol–water partition coefficient (Wildman–Crippen LogP) is 1.79. The molecule has 21 heavy (non-hydrogen) atoms. The van der Waals surface area contributed by atoms with Gasteiger partial charge in [-0.05, 0) is 31.2 Å². The van der Waals surface area contributed by atoms with Crippen LogP contribution in [0.2, 0.25) is 0 Å². The topological polar surface area (TPSA) is 100 Å². The summed E-state index contributed by atoms with van der Waals surface area (Å²) in [5.74, 6) is -0.151. The normalized spacial score (nSPS) is 10.2. The van der Waals surface area contributed by atoms with Crippen molar-refractivity contribution in [3.63, 3.8) is 0 Å². The molecule has 0 atom stereocenters. The molecule has 0 aliphatic heterocycles. The Bertz CT molecular complexity index is 573. The fraction of sp³-hybridized carbons (Fsp3) is 0.214. The molecule has 1 rings (SSSR count). The van der Waals surface area contributed by atoms with E-state index in [1.165, 1.54) is 6.20 Å². The van der Waals surface area contributed by atoms with Crippen molar-refractivity contribution in [2.24, 2.45) is 0 Å². The van der Waals surface area contributed by atoms with Crippen molar-refractivity contribution in [3.05, 3.63) is 36.0 Å². The zero-order valence-corrected chi connectivity index (χ0v) is 11.7. The molecule has 0 aliphatic rings. The third kappa shape index (κ3) is 5.24. The zero-order chi connectivity index (χ0) is 15.7. The quantitative estimate of drug-likeness (QED) is 0.633. The van der Waals surface area contributed by atoms with E-state index in [0.29, 0.717) is 11.4 Å². The molecule has 0 saturated carbocycles. The molecule has 2 N–H and O–H groups in total. The SMILES string of the molecule is CCOC(=O)NC(=O)/C(C#N)=C\Nc1ccc(OC)cc1. The van der Waals surface area contributed by atoms with Crippen LogP contribution in [0.4, 0.5) is 10.5 Å². The summed E-state index contributed by atoms with van der Waals surface area (Å²) in [5.41, 5.74) is 0.409. The number of methoxy groups -OCH3 is 1. The maximum Gasteiger partial charge on any atom is 0.414 e. The number of anilines is 1. The van der Waals surface area contributed by atoms with Crippen molar-refractivity contribution in [2.45, 2.75) is 6.92 Å². The molecule has 0 aliphatic carbocycles. The molecule has 0 bridgehead atoms. The van der Waals surface area contributed by atoms with Gasteiger partial charge >= 0.3 is 6.09 Å². The fourth-order valence-corrected chi connectivity index (χ4v) is 1.32. The zero-order valence-electron chi connectivity index (χ0n) is 11.7. The van der Waals surface area contributed by atoms with E-state index < -0.39 is 12.0 Å². The Morgan fingerprint density at radius 2 is 2.00 bits per heavy atom. The number of amides is 2. The van der Waals surface area contributed by atoms with Crippen LogP contribution in [0.1, 0.15) is 6.92 Å². The van der Waals surface area contributed by atoms with E-state index in [2.05, 4.69) is 10.1 Å². The maximum atomic E-state index is 11.6. The highest BCUT2D eigenvalue weighted by atomic mass is 16.5. The Hall–Kier alpha value is -3.01. The van der Waals surface area contributed by atoms with E-state index in [1.54, 1.807) is 44.4 Å². The van der Waals surface area contributed by atoms with E-state index in [4.69, 9.17) is 10.00 Å². The summed E-state index contributed by atoms with van der Waals surface area (Å²) in [7, 11) is 1.55. The van der Waals surface area contributed by atoms with Crippen molar-refractivity contribution < 1.29 is 19.1 Å². The highest BCUT2D eigenvalue weighted by Crippen LogP contribution is 2.15. The second kappa shape index (κ2) is 8.22. The lowest BCUT2D eigenvalue weighted by Gasteiger charge is -2.05. The molecular formula is C14H15N3O4. The second-order valence-corrected chi connectivity index (χ2v) is 3.72. The molecule has 1 aromatic carbocycles. The molecule has 0 aromatic heterocycles. The minimum Gasteiger partial charge on any atom is -0.497 e. The molecule has 110 valence electrons. The van der Waals surface area contributed by atoms with Gasteiger partial charge in [-0.2, -0.15) is 5.26 Å². The minimum atomic E-state index is -0.895. The minimum absolute atomic E-state index is 0.134. The van der Waals surface area contributed by atoms with Crippen LogP contribution in [0.3, 0.4) is 0 Å². The van der Waals surface area contributed by atoms with Crippen LogP contribution in [-0.2, 0) is 9.53 Å². The molecule has 0 saturated heterocycles. The van der Waals surface area contributed by atoms with Crippen LogP contribution in [0.15, 0.2) is 36.0 Å². The van der Waals surface area contributed by atoms with Crippen LogP contribution >= 0.6 is 0 Å². The summed E-state index contributed by atoms with van der Waals surface area (Å²) >= 11 is 0. The average molecular weight is 289 g/mol. The summed E-state index contributed by atoms with van der Waals surface area (Å²) in [5, 5.41) is 13.6. The van der Waals surface area contributed by atoms with Crippen molar-refractivity contribution in [3.8, 4) is 11.8 Å². The number of imide groups is 1. The largest absolute Gasteiger partial charge is 0.497 e. The smallest absolute Gasteiger partial charge is 0.414 e. The Kier molecular flexibility index (Phi) is 6.28. The Labute approximate surface area is 122 Å². The first-order valence-corrected chi connectivity index (χ1v) is 6.09. The number of rotatable bonds is 5. The van der Waals surface area contributed by atoms with Gasteiger partial charge in [-0.15, -0.1) is 0 Å². The van der Waals surface area contributed by atoms with Gasteiger partial charge in [0.2, 0.25) is 0 Å². The monoisotopic (exact) mass is 289 g/mol. The van der Waals surface area contributed by atoms with E-state index in [-0.39, 0.29) is 12.2 Å². The molecule has 7 heteroatoms. The van der Waals surface area contributed by atoms with Gasteiger partial charge in [-0.25, -0.2) is 4.79 Å². The second-order valence-electron chi connectivity index (χ2n) is 3.72. The van der Waals surface area contributed by atoms with E-state index in [1.807, 2.05) is 5.32 Å². The molecule has 1 aromatic rings. The van der Waals surface area contributed by atoms with Crippen molar-refractivity contribution in [1.82, 2.24) is 5.32 Å². The summed E-state index contributed by atoms with van der Waals surface area (Å²) in [6, 6.07) is 8.57. The van der Waals surface area contributed by atoms with Crippen molar-refractivity contribution in [1.29, 1.82) is 5.26 Å². The summed E-state index contributed by atoms with van der Waals surface area (Å²) in [6.45, 7) is 1.74. The van der Waals surface area contributed by atoms with Gasteiger partial charge in [0.15, 0.2) is 0 Å². The number of benzene rings is 1. The number of hydrogen-bond donors (Lipinski definition) is 2. The number of carbonyl (C=O) groups excluding carboxylic acids is 2. The standard InChI is InChI=1S/C14H15N3O4/c1-3-21-14(19)17-13(18)10(8-15)9-16-11-4-6-12(20-2)7-5-11/h4-7,9,16H,3H2,1-2H3,(H,17,18,19)/b10-9-. The van der Waals surface area contributed by atoms with Crippen molar-refractivity contribution >= 4 is 17.7 Å². The first kappa shape index (κ1) is 16.0. The number of ether oxygens (including phenoxy) is 2. The Morgan fingerprint density at radius 1 is 1.33 bits per heavy atom. The molecule has 0 radical (unpaired) electrons. The van der Waals surface area contributed by atoms with Gasteiger partial charge in [-0.3, -0.25) is 10.1 Å². The average Bonchev–Trinajstić information content (AvgIpc) is 2.48. The maximum absolute atomic E-state index is 11.6. The lowest BCUT2D eigenvalue weighted by atomic mass is 10.2. The highest BCUT2D eigenvalue weighted by Gasteiger charge is 2.13. The lowest BCUT2D eigenvalue weighted by molar-refractivity contribution is -0.116. The Morgan fingerprint density at radius 3 is 2.52 bits per heavy atom. The highest BCUT2D eigenvalue weighted by molar-refractivity contribution is 6.05. The third-order valence-electron chi connectivity index (χ3n) is 2.33. The first-order valence-electron chi connectivity index (χ1n) is 6.09. The first-order chi connectivity index (χ1) is 10.1. The number of nitriles is 1. The predicted molar refractivity (Wildman–Crippen MR) is 75.5 cm³/mol. The number of hydrogen-bond acceptors (Lipinski definition) is 6. The molecule has 0 spiro atoms. The molecule has 7 nitrogen and oxygen atoms in total. The van der Waals surface area contributed by atoms with Crippen LogP contribution < -0.4 is 15.4 Å². The Balaban J connectivity index is 2.68. The van der Waals surface area contributed by atoms with Crippen LogP contribution in [0.5, 0.6) is 5.75 Å². The van der Waals surface area contributed by atoms with Gasteiger partial charge in [-0.1, -0.05) is 0 Å². The van der Waals surface area contributed by atoms with Gasteiger partial charge in [0.25, 0.3) is 5.91 Å². The summed E-state index contributed by atoms with van der Waals surface area (Å²) in [6.07, 6.45) is 0.309. The van der Waals surface area contributed by atoms with Crippen molar-refractivity contribution in [2.75, 3.05) is 19.0 Å². The fourth-order valence-electron chi connectivity index (χ4n) is 1.32. The molecule has 2 amide bonds. The van der Waals surface area contributed by atoms with Gasteiger partial charge in [0.1, 0.15) is 17.4 Å². The third-order valence-corrected chi connectivity index (χ3v) is 2.33. The number of nitrogens with one attached hydrogen (secondary N) is 2. The summed E-state index contributed by atoms with van der Waals surface area (Å²) in [4.78, 5) is 22.7. The molecule has 0 fully saturated rings. The molecule has 0 unspecified atom stereocenters. The molecule has 0 heterocycles. The van der Waals surface area contributed by atoms with Gasteiger partial charge in [0, 0.05) is 11.9 Å². The lowest BCUT2D eigenvalue weighted by Crippen LogP contribution is -2.32. The van der Waals surface area contributed by atoms with E-state index in [0.717, 1.165) is 0 Å². The molecular weight excluding hydrogens is 274 g/mol. The summed E-state index contributed by atoms with van der Waals surface area (Å²) < 4.78 is 9.56. The number of alkyl carbamates (subject to hydrolysis) is 1. The van der Waals surface area contributed by atoms with Crippen LogP contribution in [0, 0.1) is 11.3 Å². The van der Waals surface area contributed by atoms with Crippen LogP contribution in [-0.4, -0.2) is 25.7 Å². The van der Waals surface area contributed by atoms with E-state index in [9.17, 15) is 9.59 Å². The van der Waals surface area contributed by atoms with Crippen LogP contribution in [0.25, 0.3) is 0 Å². The van der Waals surface area contributed by atoms with Gasteiger partial charge in [0.05, 0.1) is 13.7 Å².